The van der Waals surface area contributed by atoms with E-state index in [-0.39, 0.29) is 17.6 Å². The number of fused-ring (bicyclic) bond motifs is 5. The fraction of sp³-hybridized carbons (Fsp3) is 0.159. The zero-order valence-electron chi connectivity index (χ0n) is 28.6. The first-order valence-electron chi connectivity index (χ1n) is 17.4. The fourth-order valence-corrected chi connectivity index (χ4v) is 7.71. The van der Waals surface area contributed by atoms with Crippen LogP contribution in [0, 0.1) is 0 Å². The van der Waals surface area contributed by atoms with E-state index in [1.165, 1.54) is 11.1 Å². The van der Waals surface area contributed by atoms with E-state index in [1.54, 1.807) is 6.07 Å². The summed E-state index contributed by atoms with van der Waals surface area (Å²) in [4.78, 5) is 10.1. The normalized spacial score (nSPS) is 13.1. The number of para-hydroxylation sites is 7. The molecule has 0 amide bonds. The van der Waals surface area contributed by atoms with E-state index >= 15 is 0 Å². The second-order valence-electron chi connectivity index (χ2n) is 13.8. The molecule has 0 spiro atoms. The highest BCUT2D eigenvalue weighted by molar-refractivity contribution is 6.10. The molecule has 0 fully saturated rings. The Labute approximate surface area is 291 Å². The molecule has 3 heterocycles. The van der Waals surface area contributed by atoms with Gasteiger partial charge in [-0.3, -0.25) is 4.57 Å². The standard InChI is InChI=1S/C44H38N4O2/c1-27(2)29-16-11-17-30(28(3)4)42(29)48-37-22-13-21-36(41(37)45-44(48)33-15-5-9-24-39(33)49)46-26-47(35-20-8-7-19-34(35)46)38-23-12-18-32-31-14-6-10-25-40(31)50-43(32)38/h5-25,27-28,49H,26H2,1-4H3. The van der Waals surface area contributed by atoms with Gasteiger partial charge in [0.15, 0.2) is 5.58 Å². The molecule has 9 rings (SSSR count). The van der Waals surface area contributed by atoms with Crippen molar-refractivity contribution >= 4 is 55.7 Å². The predicted octanol–water partition coefficient (Wildman–Crippen LogP) is 11.8. The highest BCUT2D eigenvalue weighted by Gasteiger charge is 2.32. The summed E-state index contributed by atoms with van der Waals surface area (Å²) in [5, 5.41) is 13.5. The number of hydrogen-bond acceptors (Lipinski definition) is 5. The fourth-order valence-electron chi connectivity index (χ4n) is 7.71. The van der Waals surface area contributed by atoms with Crippen LogP contribution in [0.2, 0.25) is 0 Å². The van der Waals surface area contributed by atoms with E-state index in [9.17, 15) is 5.11 Å². The molecule has 6 heteroatoms. The van der Waals surface area contributed by atoms with Gasteiger partial charge in [0.05, 0.1) is 39.5 Å². The first kappa shape index (κ1) is 30.1. The lowest BCUT2D eigenvalue weighted by Crippen LogP contribution is -2.24. The summed E-state index contributed by atoms with van der Waals surface area (Å²) in [6.07, 6.45) is 0. The van der Waals surface area contributed by atoms with Crippen molar-refractivity contribution in [1.29, 1.82) is 0 Å². The molecule has 0 saturated heterocycles. The predicted molar refractivity (Wildman–Crippen MR) is 206 cm³/mol. The highest BCUT2D eigenvalue weighted by atomic mass is 16.3. The number of furan rings is 1. The maximum atomic E-state index is 11.2. The van der Waals surface area contributed by atoms with Gasteiger partial charge in [-0.25, -0.2) is 4.98 Å². The van der Waals surface area contributed by atoms with Crippen LogP contribution in [0.3, 0.4) is 0 Å². The minimum atomic E-state index is 0.204. The highest BCUT2D eigenvalue weighted by Crippen LogP contribution is 2.49. The molecule has 1 aliphatic heterocycles. The lowest BCUT2D eigenvalue weighted by Gasteiger charge is -2.23. The molecule has 6 nitrogen and oxygen atoms in total. The summed E-state index contributed by atoms with van der Waals surface area (Å²) >= 11 is 0. The minimum absolute atomic E-state index is 0.204. The van der Waals surface area contributed by atoms with Crippen LogP contribution >= 0.6 is 0 Å². The van der Waals surface area contributed by atoms with Crippen molar-refractivity contribution in [2.24, 2.45) is 0 Å². The van der Waals surface area contributed by atoms with Gasteiger partial charge in [0.25, 0.3) is 0 Å². The van der Waals surface area contributed by atoms with Gasteiger partial charge in [-0.05, 0) is 71.5 Å². The monoisotopic (exact) mass is 654 g/mol. The summed E-state index contributed by atoms with van der Waals surface area (Å²) in [6.45, 7) is 9.54. The molecule has 2 aromatic heterocycles. The Morgan fingerprint density at radius 2 is 1.18 bits per heavy atom. The number of imidazole rings is 1. The molecule has 0 atom stereocenters. The molecule has 0 bridgehead atoms. The van der Waals surface area contributed by atoms with Crippen LogP contribution in [0.5, 0.6) is 5.75 Å². The SMILES string of the molecule is CC(C)c1cccc(C(C)C)c1-n1c(-c2ccccc2O)nc2c(N3CN(c4cccc5c4oc4ccccc45)c4ccccc43)cccc21. The van der Waals surface area contributed by atoms with E-state index < -0.39 is 0 Å². The van der Waals surface area contributed by atoms with E-state index in [0.717, 1.165) is 67.2 Å². The van der Waals surface area contributed by atoms with Gasteiger partial charge in [-0.15, -0.1) is 0 Å². The van der Waals surface area contributed by atoms with Crippen LogP contribution in [0.25, 0.3) is 50.0 Å². The van der Waals surface area contributed by atoms with Crippen molar-refractivity contribution in [3.05, 3.63) is 139 Å². The van der Waals surface area contributed by atoms with Crippen molar-refractivity contribution in [1.82, 2.24) is 9.55 Å². The molecule has 8 aromatic rings. The Balaban J connectivity index is 1.28. The van der Waals surface area contributed by atoms with Crippen molar-refractivity contribution in [3.63, 3.8) is 0 Å². The van der Waals surface area contributed by atoms with E-state index in [1.807, 2.05) is 30.3 Å². The van der Waals surface area contributed by atoms with Gasteiger partial charge in [0.1, 0.15) is 29.3 Å². The maximum Gasteiger partial charge on any atom is 0.159 e. The molecule has 6 aromatic carbocycles. The molecule has 0 aliphatic carbocycles. The smallest absolute Gasteiger partial charge is 0.159 e. The summed E-state index contributed by atoms with van der Waals surface area (Å²) in [6, 6.07) is 43.8. The van der Waals surface area contributed by atoms with Crippen LogP contribution in [0.15, 0.2) is 132 Å². The lowest BCUT2D eigenvalue weighted by molar-refractivity contribution is 0.477. The number of nitrogens with zero attached hydrogens (tertiary/aromatic N) is 4. The molecule has 246 valence electrons. The Hall–Kier alpha value is -6.01. The third-order valence-corrected chi connectivity index (χ3v) is 10.1. The molecule has 0 saturated carbocycles. The number of anilines is 4. The van der Waals surface area contributed by atoms with Crippen LogP contribution < -0.4 is 9.80 Å². The van der Waals surface area contributed by atoms with Gasteiger partial charge in [0, 0.05) is 10.8 Å². The van der Waals surface area contributed by atoms with Gasteiger partial charge in [-0.2, -0.15) is 0 Å². The number of phenolic OH excluding ortho intramolecular Hbond substituents is 1. The maximum absolute atomic E-state index is 11.2. The number of rotatable bonds is 6. The zero-order chi connectivity index (χ0) is 34.1. The van der Waals surface area contributed by atoms with Crippen LogP contribution in [-0.4, -0.2) is 21.3 Å². The van der Waals surface area contributed by atoms with Gasteiger partial charge >= 0.3 is 0 Å². The number of hydrogen-bond donors (Lipinski definition) is 1. The zero-order valence-corrected chi connectivity index (χ0v) is 28.6. The number of aromatic hydroxyl groups is 1. The second-order valence-corrected chi connectivity index (χ2v) is 13.8. The Morgan fingerprint density at radius 1 is 0.600 bits per heavy atom. The Morgan fingerprint density at radius 3 is 1.92 bits per heavy atom. The molecule has 1 aliphatic rings. The Bertz CT molecular complexity index is 2550. The largest absolute Gasteiger partial charge is 0.507 e. The van der Waals surface area contributed by atoms with Crippen molar-refractivity contribution in [2.75, 3.05) is 16.5 Å². The van der Waals surface area contributed by atoms with Crippen molar-refractivity contribution in [2.45, 2.75) is 39.5 Å². The van der Waals surface area contributed by atoms with E-state index in [2.05, 4.69) is 133 Å². The third kappa shape index (κ3) is 4.52. The summed E-state index contributed by atoms with van der Waals surface area (Å²) in [5.41, 5.74) is 12.2. The second kappa shape index (κ2) is 11.6. The topological polar surface area (TPSA) is 57.7 Å². The number of aromatic nitrogens is 2. The average molecular weight is 655 g/mol. The summed E-state index contributed by atoms with van der Waals surface area (Å²) in [5.74, 6) is 1.48. The van der Waals surface area contributed by atoms with Gasteiger partial charge in [-0.1, -0.05) is 107 Å². The summed E-state index contributed by atoms with van der Waals surface area (Å²) in [7, 11) is 0. The van der Waals surface area contributed by atoms with E-state index in [0.29, 0.717) is 12.2 Å². The molecular weight excluding hydrogens is 617 g/mol. The van der Waals surface area contributed by atoms with E-state index in [4.69, 9.17) is 9.40 Å². The number of phenols is 1. The van der Waals surface area contributed by atoms with Gasteiger partial charge < -0.3 is 19.3 Å². The molecule has 0 radical (unpaired) electrons. The average Bonchev–Trinajstić information content (AvgIpc) is 3.83. The first-order chi connectivity index (χ1) is 24.4. The molecular formula is C44H38N4O2. The van der Waals surface area contributed by atoms with Crippen LogP contribution in [-0.2, 0) is 0 Å². The minimum Gasteiger partial charge on any atom is -0.507 e. The van der Waals surface area contributed by atoms with Crippen molar-refractivity contribution < 1.29 is 9.52 Å². The quantitative estimate of drug-likeness (QED) is 0.193. The molecule has 0 unspecified atom stereocenters. The summed E-state index contributed by atoms with van der Waals surface area (Å²) < 4.78 is 8.80. The molecule has 50 heavy (non-hydrogen) atoms. The van der Waals surface area contributed by atoms with Gasteiger partial charge in [0.2, 0.25) is 0 Å². The molecule has 1 N–H and O–H groups in total. The number of benzene rings is 6. The van der Waals surface area contributed by atoms with Crippen LogP contribution in [0.1, 0.15) is 50.7 Å². The first-order valence-corrected chi connectivity index (χ1v) is 17.4. The third-order valence-electron chi connectivity index (χ3n) is 10.1. The van der Waals surface area contributed by atoms with Crippen molar-refractivity contribution in [3.8, 4) is 22.8 Å². The van der Waals surface area contributed by atoms with Crippen LogP contribution in [0.4, 0.5) is 22.7 Å². The Kier molecular flexibility index (Phi) is 6.95. The lowest BCUT2D eigenvalue weighted by atomic mass is 9.92.